The van der Waals surface area contributed by atoms with Crippen LogP contribution in [0.25, 0.3) is 0 Å². The molecular weight excluding hydrogens is 492 g/mol. The van der Waals surface area contributed by atoms with Gasteiger partial charge in [-0.1, -0.05) is 93.9 Å². The predicted octanol–water partition coefficient (Wildman–Crippen LogP) is 9.76. The minimum atomic E-state index is -0.706. The van der Waals surface area contributed by atoms with Gasteiger partial charge in [-0.05, 0) is 112 Å². The zero-order chi connectivity index (χ0) is 30.6. The van der Waals surface area contributed by atoms with Gasteiger partial charge in [0.15, 0.2) is 0 Å². The normalized spacial score (nSPS) is 13.1. The topological polar surface area (TPSA) is 60.7 Å². The lowest BCUT2D eigenvalue weighted by molar-refractivity contribution is 0.435. The molecule has 0 aliphatic rings. The molecule has 0 atom stereocenters. The zero-order valence-corrected chi connectivity index (χ0v) is 27.2. The summed E-state index contributed by atoms with van der Waals surface area (Å²) in [6.07, 6.45) is 1.61. The lowest BCUT2D eigenvalue weighted by Gasteiger charge is -2.41. The summed E-state index contributed by atoms with van der Waals surface area (Å²) in [5.41, 5.74) is 7.59. The largest absolute Gasteiger partial charge is 0.508 e. The molecule has 3 rings (SSSR count). The maximum absolute atomic E-state index is 11.4. The SMILES string of the molecule is CCCC(c1cc(O)c(C(C)(C)C)cc1C)(c1cc(O)c(C(C)(C)C)cc1C)c1cc(O)c(C(C)(C)C)cc1C. The first-order chi connectivity index (χ1) is 18.2. The summed E-state index contributed by atoms with van der Waals surface area (Å²) in [5, 5.41) is 34.3. The fourth-order valence-electron chi connectivity index (χ4n) is 6.49. The molecule has 0 heterocycles. The van der Waals surface area contributed by atoms with Gasteiger partial charge in [-0.15, -0.1) is 0 Å². The predicted molar refractivity (Wildman–Crippen MR) is 169 cm³/mol. The van der Waals surface area contributed by atoms with E-state index in [0.717, 1.165) is 62.9 Å². The Morgan fingerprint density at radius 3 is 0.900 bits per heavy atom. The highest BCUT2D eigenvalue weighted by molar-refractivity contribution is 5.63. The summed E-state index contributed by atoms with van der Waals surface area (Å²) in [6.45, 7) is 27.5. The third-order valence-electron chi connectivity index (χ3n) is 8.46. The fourth-order valence-corrected chi connectivity index (χ4v) is 6.49. The molecule has 0 aliphatic heterocycles. The molecule has 0 spiro atoms. The van der Waals surface area contributed by atoms with E-state index in [1.807, 2.05) is 18.2 Å². The van der Waals surface area contributed by atoms with E-state index in [1.165, 1.54) is 0 Å². The van der Waals surface area contributed by atoms with Crippen LogP contribution in [0.4, 0.5) is 0 Å². The van der Waals surface area contributed by atoms with Gasteiger partial charge in [0.1, 0.15) is 17.2 Å². The Balaban J connectivity index is 2.59. The number of rotatable bonds is 5. The first-order valence-electron chi connectivity index (χ1n) is 14.7. The Morgan fingerprint density at radius 1 is 0.450 bits per heavy atom. The Bertz CT molecular complexity index is 1240. The summed E-state index contributed by atoms with van der Waals surface area (Å²) in [7, 11) is 0. The summed E-state index contributed by atoms with van der Waals surface area (Å²) in [4.78, 5) is 0. The molecule has 0 fully saturated rings. The molecule has 0 unspecified atom stereocenters. The lowest BCUT2D eigenvalue weighted by atomic mass is 9.62. The average Bonchev–Trinajstić information content (AvgIpc) is 2.79. The Kier molecular flexibility index (Phi) is 8.27. The summed E-state index contributed by atoms with van der Waals surface area (Å²) in [6, 6.07) is 12.2. The molecule has 40 heavy (non-hydrogen) atoms. The summed E-state index contributed by atoms with van der Waals surface area (Å²) in [5.74, 6) is 0.819. The van der Waals surface area contributed by atoms with Gasteiger partial charge in [0.2, 0.25) is 0 Å². The molecule has 0 saturated carbocycles. The van der Waals surface area contributed by atoms with Gasteiger partial charge in [0.25, 0.3) is 0 Å². The van der Waals surface area contributed by atoms with Crippen molar-refractivity contribution in [1.29, 1.82) is 0 Å². The van der Waals surface area contributed by atoms with Crippen molar-refractivity contribution in [1.82, 2.24) is 0 Å². The van der Waals surface area contributed by atoms with E-state index >= 15 is 0 Å². The number of phenolic OH excluding ortho intramolecular Hbond substituents is 3. The minimum absolute atomic E-state index is 0.216. The van der Waals surface area contributed by atoms with Gasteiger partial charge in [-0.2, -0.15) is 0 Å². The van der Waals surface area contributed by atoms with Crippen LogP contribution in [-0.2, 0) is 21.7 Å². The number of hydrogen-bond acceptors (Lipinski definition) is 3. The molecule has 0 amide bonds. The first kappa shape index (κ1) is 31.6. The highest BCUT2D eigenvalue weighted by Gasteiger charge is 2.41. The van der Waals surface area contributed by atoms with Crippen LogP contribution in [0.2, 0.25) is 0 Å². The third kappa shape index (κ3) is 5.62. The molecule has 218 valence electrons. The van der Waals surface area contributed by atoms with Crippen LogP contribution in [0.15, 0.2) is 36.4 Å². The van der Waals surface area contributed by atoms with Crippen LogP contribution < -0.4 is 0 Å². The van der Waals surface area contributed by atoms with Crippen molar-refractivity contribution in [3.05, 3.63) is 86.5 Å². The van der Waals surface area contributed by atoms with Gasteiger partial charge in [-0.3, -0.25) is 0 Å². The maximum Gasteiger partial charge on any atom is 0.119 e. The first-order valence-corrected chi connectivity index (χ1v) is 14.7. The van der Waals surface area contributed by atoms with Gasteiger partial charge < -0.3 is 15.3 Å². The van der Waals surface area contributed by atoms with Crippen LogP contribution in [0.5, 0.6) is 17.2 Å². The van der Waals surface area contributed by atoms with E-state index in [-0.39, 0.29) is 33.5 Å². The van der Waals surface area contributed by atoms with Crippen LogP contribution in [-0.4, -0.2) is 15.3 Å². The van der Waals surface area contributed by atoms with Crippen LogP contribution in [0, 0.1) is 20.8 Å². The fraction of sp³-hybridized carbons (Fsp3) is 0.514. The molecule has 3 aromatic carbocycles. The second kappa shape index (κ2) is 10.5. The van der Waals surface area contributed by atoms with Crippen molar-refractivity contribution in [2.24, 2.45) is 0 Å². The number of aryl methyl sites for hydroxylation is 3. The summed E-state index contributed by atoms with van der Waals surface area (Å²) < 4.78 is 0. The zero-order valence-electron chi connectivity index (χ0n) is 27.2. The highest BCUT2D eigenvalue weighted by atomic mass is 16.3. The lowest BCUT2D eigenvalue weighted by Crippen LogP contribution is -2.33. The number of benzene rings is 3. The molecule has 0 aliphatic carbocycles. The van der Waals surface area contributed by atoms with E-state index in [2.05, 4.69) is 108 Å². The third-order valence-corrected chi connectivity index (χ3v) is 8.46. The summed E-state index contributed by atoms with van der Waals surface area (Å²) >= 11 is 0. The van der Waals surface area contributed by atoms with Crippen molar-refractivity contribution >= 4 is 0 Å². The molecule has 3 nitrogen and oxygen atoms in total. The molecule has 0 aromatic heterocycles. The number of aromatic hydroxyl groups is 3. The quantitative estimate of drug-likeness (QED) is 0.280. The van der Waals surface area contributed by atoms with Crippen molar-refractivity contribution in [2.75, 3.05) is 0 Å². The van der Waals surface area contributed by atoms with E-state index in [1.54, 1.807) is 0 Å². The molecule has 3 N–H and O–H groups in total. The molecular formula is C37H52O3. The Labute approximate surface area is 243 Å². The molecule has 3 aromatic rings. The van der Waals surface area contributed by atoms with E-state index in [9.17, 15) is 15.3 Å². The second-order valence-corrected chi connectivity index (χ2v) is 15.0. The molecule has 3 heteroatoms. The molecule has 0 saturated heterocycles. The van der Waals surface area contributed by atoms with Crippen molar-refractivity contribution in [2.45, 2.75) is 125 Å². The van der Waals surface area contributed by atoms with Crippen LogP contribution in [0.1, 0.15) is 132 Å². The molecule has 0 radical (unpaired) electrons. The van der Waals surface area contributed by atoms with Crippen LogP contribution >= 0.6 is 0 Å². The average molecular weight is 545 g/mol. The second-order valence-electron chi connectivity index (χ2n) is 15.0. The van der Waals surface area contributed by atoms with E-state index < -0.39 is 5.41 Å². The Morgan fingerprint density at radius 2 is 0.700 bits per heavy atom. The monoisotopic (exact) mass is 544 g/mol. The van der Waals surface area contributed by atoms with Gasteiger partial charge >= 0.3 is 0 Å². The van der Waals surface area contributed by atoms with Gasteiger partial charge in [-0.25, -0.2) is 0 Å². The molecule has 0 bridgehead atoms. The Hall–Kier alpha value is -2.94. The standard InChI is InChI=1S/C37H52O3/c1-14-15-37(25-19-31(38)28(16-22(25)2)34(5,6)7,26-20-32(39)29(17-23(26)3)35(8,9)10)27-21-33(40)30(18-24(27)4)36(11,12)13/h16-21,38-40H,14-15H2,1-13H3. The van der Waals surface area contributed by atoms with Crippen molar-refractivity contribution < 1.29 is 15.3 Å². The van der Waals surface area contributed by atoms with E-state index in [4.69, 9.17) is 0 Å². The van der Waals surface area contributed by atoms with Crippen LogP contribution in [0.3, 0.4) is 0 Å². The van der Waals surface area contributed by atoms with Gasteiger partial charge in [0.05, 0.1) is 0 Å². The number of hydrogen-bond donors (Lipinski definition) is 3. The van der Waals surface area contributed by atoms with E-state index in [0.29, 0.717) is 0 Å². The smallest absolute Gasteiger partial charge is 0.119 e. The number of phenols is 3. The maximum atomic E-state index is 11.4. The van der Waals surface area contributed by atoms with Gasteiger partial charge in [0, 0.05) is 5.41 Å². The highest BCUT2D eigenvalue weighted by Crippen LogP contribution is 2.52. The van der Waals surface area contributed by atoms with Crippen molar-refractivity contribution in [3.63, 3.8) is 0 Å². The minimum Gasteiger partial charge on any atom is -0.508 e. The van der Waals surface area contributed by atoms with Crippen molar-refractivity contribution in [3.8, 4) is 17.2 Å².